The number of esters is 1. The lowest BCUT2D eigenvalue weighted by atomic mass is 9.75. The van der Waals surface area contributed by atoms with Gasteiger partial charge in [0, 0.05) is 6.42 Å². The molecule has 27 heavy (non-hydrogen) atoms. The number of alkyl carbamates (subject to hydrolysis) is 1. The maximum absolute atomic E-state index is 12.7. The number of benzene rings is 1. The summed E-state index contributed by atoms with van der Waals surface area (Å²) < 4.78 is 10.3. The van der Waals surface area contributed by atoms with Crippen molar-refractivity contribution in [3.63, 3.8) is 0 Å². The zero-order chi connectivity index (χ0) is 20.1. The molecule has 1 amide bonds. The van der Waals surface area contributed by atoms with Crippen LogP contribution in [-0.4, -0.2) is 36.6 Å². The number of carbonyl (C=O) groups is 3. The lowest BCUT2D eigenvalue weighted by molar-refractivity contribution is -0.158. The van der Waals surface area contributed by atoms with Crippen molar-refractivity contribution in [1.29, 1.82) is 0 Å². The minimum atomic E-state index is -1.35. The third-order valence-electron chi connectivity index (χ3n) is 4.87. The van der Waals surface area contributed by atoms with Gasteiger partial charge in [-0.15, -0.1) is 0 Å². The molecule has 0 aromatic heterocycles. The molecule has 0 radical (unpaired) electrons. The van der Waals surface area contributed by atoms with Crippen LogP contribution in [0.2, 0.25) is 0 Å². The van der Waals surface area contributed by atoms with Crippen molar-refractivity contribution in [3.8, 4) is 0 Å². The summed E-state index contributed by atoms with van der Waals surface area (Å²) in [6, 6.07) is 9.06. The van der Waals surface area contributed by atoms with E-state index in [1.165, 1.54) is 7.11 Å². The van der Waals surface area contributed by atoms with E-state index in [1.54, 1.807) is 20.8 Å². The van der Waals surface area contributed by atoms with E-state index in [4.69, 9.17) is 9.47 Å². The normalized spacial score (nSPS) is 20.8. The fourth-order valence-corrected chi connectivity index (χ4v) is 3.65. The lowest BCUT2D eigenvalue weighted by Gasteiger charge is -2.34. The molecule has 1 aromatic rings. The summed E-state index contributed by atoms with van der Waals surface area (Å²) in [5, 5.41) is 2.79. The highest BCUT2D eigenvalue weighted by atomic mass is 16.6. The molecule has 0 saturated heterocycles. The Hall–Kier alpha value is -2.37. The van der Waals surface area contributed by atoms with E-state index >= 15 is 0 Å². The number of Topliss-reactive ketones (excluding diaryl/α,β-unsaturated/α-hetero) is 1. The average molecular weight is 375 g/mol. The Kier molecular flexibility index (Phi) is 6.63. The van der Waals surface area contributed by atoms with Crippen molar-refractivity contribution in [2.75, 3.05) is 7.11 Å². The summed E-state index contributed by atoms with van der Waals surface area (Å²) in [6.45, 7) is 5.30. The highest BCUT2D eigenvalue weighted by molar-refractivity contribution is 6.06. The first-order chi connectivity index (χ1) is 12.7. The van der Waals surface area contributed by atoms with Gasteiger partial charge in [-0.05, 0) is 52.0 Å². The van der Waals surface area contributed by atoms with Gasteiger partial charge in [0.15, 0.2) is 5.78 Å². The molecule has 0 bridgehead atoms. The Morgan fingerprint density at radius 3 is 2.41 bits per heavy atom. The van der Waals surface area contributed by atoms with Crippen molar-refractivity contribution in [1.82, 2.24) is 5.32 Å². The largest absolute Gasteiger partial charge is 0.468 e. The minimum absolute atomic E-state index is 0.177. The Labute approximate surface area is 160 Å². The zero-order valence-corrected chi connectivity index (χ0v) is 16.5. The molecule has 6 heteroatoms. The summed E-state index contributed by atoms with van der Waals surface area (Å²) in [5.41, 5.74) is -0.953. The summed E-state index contributed by atoms with van der Waals surface area (Å²) in [6.07, 6.45) is 1.70. The van der Waals surface area contributed by atoms with Gasteiger partial charge in [-0.3, -0.25) is 9.59 Å². The summed E-state index contributed by atoms with van der Waals surface area (Å²) >= 11 is 0. The lowest BCUT2D eigenvalue weighted by Crippen LogP contribution is -2.55. The second-order valence-electron chi connectivity index (χ2n) is 7.96. The van der Waals surface area contributed by atoms with Crippen LogP contribution in [0.1, 0.15) is 52.0 Å². The third-order valence-corrected chi connectivity index (χ3v) is 4.87. The van der Waals surface area contributed by atoms with E-state index in [9.17, 15) is 14.4 Å². The van der Waals surface area contributed by atoms with Crippen molar-refractivity contribution in [2.45, 2.75) is 64.5 Å². The number of amides is 1. The van der Waals surface area contributed by atoms with Gasteiger partial charge >= 0.3 is 12.1 Å². The van der Waals surface area contributed by atoms with Crippen LogP contribution in [0.25, 0.3) is 0 Å². The number of nitrogens with one attached hydrogen (secondary N) is 1. The fraction of sp³-hybridized carbons (Fsp3) is 0.571. The van der Waals surface area contributed by atoms with Crippen LogP contribution in [0.4, 0.5) is 4.79 Å². The molecule has 1 aliphatic carbocycles. The molecule has 0 heterocycles. The molecule has 2 rings (SSSR count). The van der Waals surface area contributed by atoms with E-state index in [2.05, 4.69) is 5.32 Å². The number of hydrogen-bond acceptors (Lipinski definition) is 5. The van der Waals surface area contributed by atoms with E-state index < -0.39 is 29.1 Å². The van der Waals surface area contributed by atoms with Crippen LogP contribution >= 0.6 is 0 Å². The molecule has 6 nitrogen and oxygen atoms in total. The first-order valence-electron chi connectivity index (χ1n) is 9.34. The molecule has 1 aromatic carbocycles. The van der Waals surface area contributed by atoms with Crippen LogP contribution in [0.5, 0.6) is 0 Å². The van der Waals surface area contributed by atoms with Crippen LogP contribution in [-0.2, 0) is 25.5 Å². The van der Waals surface area contributed by atoms with Gasteiger partial charge in [0.2, 0.25) is 0 Å². The molecular formula is C21H29NO5. The number of rotatable bonds is 6. The summed E-state index contributed by atoms with van der Waals surface area (Å²) in [4.78, 5) is 37.8. The summed E-state index contributed by atoms with van der Waals surface area (Å²) in [5.74, 6) is -0.761. The first kappa shape index (κ1) is 20.9. The van der Waals surface area contributed by atoms with Crippen molar-refractivity contribution in [2.24, 2.45) is 5.41 Å². The highest BCUT2D eigenvalue weighted by Crippen LogP contribution is 2.41. The number of ether oxygens (including phenoxy) is 2. The number of ketones is 1. The zero-order valence-electron chi connectivity index (χ0n) is 16.5. The van der Waals surface area contributed by atoms with E-state index in [0.29, 0.717) is 32.1 Å². The molecule has 1 fully saturated rings. The second kappa shape index (κ2) is 8.55. The van der Waals surface area contributed by atoms with Crippen molar-refractivity contribution >= 4 is 17.8 Å². The highest BCUT2D eigenvalue weighted by Gasteiger charge is 2.55. The Morgan fingerprint density at radius 1 is 1.22 bits per heavy atom. The molecule has 1 N–H and O–H groups in total. The third kappa shape index (κ3) is 5.08. The smallest absolute Gasteiger partial charge is 0.407 e. The number of hydrogen-bond donors (Lipinski definition) is 1. The van der Waals surface area contributed by atoms with E-state index in [0.717, 1.165) is 5.56 Å². The van der Waals surface area contributed by atoms with E-state index in [1.807, 2.05) is 30.3 Å². The molecule has 148 valence electrons. The van der Waals surface area contributed by atoms with Crippen LogP contribution < -0.4 is 5.32 Å². The first-order valence-corrected chi connectivity index (χ1v) is 9.34. The van der Waals surface area contributed by atoms with Gasteiger partial charge in [0.25, 0.3) is 0 Å². The number of methoxy groups -OCH3 is 1. The van der Waals surface area contributed by atoms with Crippen molar-refractivity contribution < 1.29 is 23.9 Å². The van der Waals surface area contributed by atoms with E-state index in [-0.39, 0.29) is 5.78 Å². The number of carbonyl (C=O) groups excluding carboxylic acids is 3. The van der Waals surface area contributed by atoms with Gasteiger partial charge in [0.1, 0.15) is 11.0 Å². The molecule has 0 spiro atoms. The number of aryl methyl sites for hydroxylation is 1. The predicted octanol–water partition coefficient (Wildman–Crippen LogP) is 3.42. The fourth-order valence-electron chi connectivity index (χ4n) is 3.65. The Balaban J connectivity index is 2.28. The maximum Gasteiger partial charge on any atom is 0.407 e. The molecule has 1 aliphatic rings. The van der Waals surface area contributed by atoms with Gasteiger partial charge in [0.05, 0.1) is 13.2 Å². The average Bonchev–Trinajstić information content (AvgIpc) is 2.99. The van der Waals surface area contributed by atoms with Crippen molar-refractivity contribution in [3.05, 3.63) is 35.9 Å². The van der Waals surface area contributed by atoms with Gasteiger partial charge in [-0.1, -0.05) is 30.3 Å². The maximum atomic E-state index is 12.7. The van der Waals surface area contributed by atoms with Gasteiger partial charge < -0.3 is 14.8 Å². The van der Waals surface area contributed by atoms with Crippen LogP contribution in [0.15, 0.2) is 30.3 Å². The molecule has 0 aliphatic heterocycles. The monoisotopic (exact) mass is 375 g/mol. The quantitative estimate of drug-likeness (QED) is 0.608. The van der Waals surface area contributed by atoms with Gasteiger partial charge in [-0.25, -0.2) is 4.79 Å². The van der Waals surface area contributed by atoms with Gasteiger partial charge in [-0.2, -0.15) is 0 Å². The van der Waals surface area contributed by atoms with Crippen LogP contribution in [0.3, 0.4) is 0 Å². The molecule has 2 atom stereocenters. The molecule has 1 saturated carbocycles. The topological polar surface area (TPSA) is 81.7 Å². The Bertz CT molecular complexity index is 680. The Morgan fingerprint density at radius 2 is 1.89 bits per heavy atom. The predicted molar refractivity (Wildman–Crippen MR) is 101 cm³/mol. The summed E-state index contributed by atoms with van der Waals surface area (Å²) in [7, 11) is 1.28. The standard InChI is InChI=1S/C21H29NO5/c1-20(2,3)27-19(25)22-16(13-12-15-9-6-5-7-10-15)21(18(24)26-4)14-8-11-17(21)23/h5-7,9-10,16H,8,11-14H2,1-4H3,(H,22,25)/t16-,21+/m1/s1. The second-order valence-corrected chi connectivity index (χ2v) is 7.96. The van der Waals surface area contributed by atoms with Crippen LogP contribution in [0, 0.1) is 5.41 Å². The molecule has 0 unspecified atom stereocenters. The minimum Gasteiger partial charge on any atom is -0.468 e. The molecular weight excluding hydrogens is 346 g/mol. The SMILES string of the molecule is COC(=O)[C@]1([C@@H](CCc2ccccc2)NC(=O)OC(C)(C)C)CCCC1=O.